The molecule has 0 N–H and O–H groups in total. The van der Waals surface area contributed by atoms with E-state index in [1.165, 1.54) is 37.4 Å². The number of halogens is 3. The first-order valence-corrected chi connectivity index (χ1v) is 11.3. The molecule has 1 unspecified atom stereocenters. The number of carbonyl (C=O) groups is 1. The van der Waals surface area contributed by atoms with E-state index in [1.54, 1.807) is 13.8 Å². The molecular weight excluding hydrogens is 461 g/mol. The lowest BCUT2D eigenvalue weighted by atomic mass is 10.1. The van der Waals surface area contributed by atoms with Crippen LogP contribution in [0.5, 0.6) is 5.75 Å². The van der Waals surface area contributed by atoms with Crippen LogP contribution in [0, 0.1) is 5.92 Å². The largest absolute Gasteiger partial charge is 0.748 e. The Balaban J connectivity index is 2.39. The molecule has 0 spiro atoms. The van der Waals surface area contributed by atoms with Crippen LogP contribution in [-0.2, 0) is 19.6 Å². The Morgan fingerprint density at radius 2 is 1.84 bits per heavy atom. The molecule has 0 bridgehead atoms. The van der Waals surface area contributed by atoms with Crippen molar-refractivity contribution in [2.24, 2.45) is 5.92 Å². The Bertz CT molecular complexity index is 1040. The van der Waals surface area contributed by atoms with Crippen molar-refractivity contribution in [3.63, 3.8) is 0 Å². The lowest BCUT2D eigenvalue weighted by Gasteiger charge is -2.23. The molecule has 0 aliphatic carbocycles. The Labute approximate surface area is 181 Å². The van der Waals surface area contributed by atoms with Gasteiger partial charge in [-0.05, 0) is 46.8 Å². The normalized spacial score (nSPS) is 13.4. The SMILES string of the molecule is COC(Oc1cc2cc(C(=O)OCCS(=O)(=O)[O-])ccc2cc1SC(F)(F)F)C(C)C. The topological polar surface area (TPSA) is 102 Å². The van der Waals surface area contributed by atoms with Crippen molar-refractivity contribution in [1.82, 2.24) is 0 Å². The first-order valence-electron chi connectivity index (χ1n) is 8.93. The number of esters is 1. The molecule has 2 rings (SSSR count). The number of methoxy groups -OCH3 is 1. The molecule has 0 amide bonds. The molecule has 0 fully saturated rings. The van der Waals surface area contributed by atoms with Crippen LogP contribution >= 0.6 is 11.8 Å². The van der Waals surface area contributed by atoms with Gasteiger partial charge in [0.05, 0.1) is 26.3 Å². The number of fused-ring (bicyclic) bond motifs is 1. The molecule has 12 heteroatoms. The molecule has 0 saturated carbocycles. The Hall–Kier alpha value is -2.02. The number of hydrogen-bond donors (Lipinski definition) is 0. The van der Waals surface area contributed by atoms with Gasteiger partial charge in [-0.1, -0.05) is 19.9 Å². The predicted molar refractivity (Wildman–Crippen MR) is 107 cm³/mol. The van der Waals surface area contributed by atoms with Crippen LogP contribution in [0.1, 0.15) is 24.2 Å². The third kappa shape index (κ3) is 7.87. The summed E-state index contributed by atoms with van der Waals surface area (Å²) >= 11 is -0.328. The smallest absolute Gasteiger partial charge is 0.446 e. The van der Waals surface area contributed by atoms with E-state index < -0.39 is 40.2 Å². The second-order valence-corrected chi connectivity index (χ2v) is 9.40. The van der Waals surface area contributed by atoms with Gasteiger partial charge < -0.3 is 18.8 Å². The van der Waals surface area contributed by atoms with Gasteiger partial charge >= 0.3 is 11.5 Å². The minimum absolute atomic E-state index is 0.0325. The van der Waals surface area contributed by atoms with E-state index in [1.807, 2.05) is 0 Å². The maximum Gasteiger partial charge on any atom is 0.446 e. The summed E-state index contributed by atoms with van der Waals surface area (Å²) < 4.78 is 86.5. The number of carbonyl (C=O) groups excluding carboxylic acids is 1. The highest BCUT2D eigenvalue weighted by molar-refractivity contribution is 8.00. The number of alkyl halides is 3. The minimum atomic E-state index is -4.54. The van der Waals surface area contributed by atoms with Crippen LogP contribution in [0.25, 0.3) is 10.8 Å². The zero-order chi connectivity index (χ0) is 23.4. The molecule has 0 radical (unpaired) electrons. The molecule has 2 aromatic rings. The fourth-order valence-electron chi connectivity index (χ4n) is 2.58. The van der Waals surface area contributed by atoms with Crippen molar-refractivity contribution in [1.29, 1.82) is 0 Å². The van der Waals surface area contributed by atoms with E-state index in [0.29, 0.717) is 10.8 Å². The number of ether oxygens (including phenoxy) is 3. The maximum absolute atomic E-state index is 13.0. The summed E-state index contributed by atoms with van der Waals surface area (Å²) in [6.07, 6.45) is -0.799. The van der Waals surface area contributed by atoms with Gasteiger partial charge in [-0.15, -0.1) is 0 Å². The highest BCUT2D eigenvalue weighted by atomic mass is 32.2. The van der Waals surface area contributed by atoms with E-state index >= 15 is 0 Å². The summed E-state index contributed by atoms with van der Waals surface area (Å²) in [6.45, 7) is 2.95. The number of thioether (sulfide) groups is 1. The fraction of sp³-hybridized carbons (Fsp3) is 0.421. The summed E-state index contributed by atoms with van der Waals surface area (Å²) in [4.78, 5) is 11.9. The Kier molecular flexibility index (Phi) is 8.20. The zero-order valence-electron chi connectivity index (χ0n) is 16.8. The van der Waals surface area contributed by atoms with E-state index in [4.69, 9.17) is 14.2 Å². The number of rotatable bonds is 9. The second kappa shape index (κ2) is 10.1. The molecule has 0 aliphatic rings. The third-order valence-electron chi connectivity index (χ3n) is 3.95. The van der Waals surface area contributed by atoms with Crippen LogP contribution in [0.3, 0.4) is 0 Å². The van der Waals surface area contributed by atoms with Gasteiger partial charge in [0.15, 0.2) is 0 Å². The second-order valence-electron chi connectivity index (χ2n) is 6.77. The average Bonchev–Trinajstić information content (AvgIpc) is 2.63. The first kappa shape index (κ1) is 25.2. The zero-order valence-corrected chi connectivity index (χ0v) is 18.4. The van der Waals surface area contributed by atoms with Crippen molar-refractivity contribution in [3.05, 3.63) is 35.9 Å². The van der Waals surface area contributed by atoms with Gasteiger partial charge in [-0.25, -0.2) is 13.2 Å². The van der Waals surface area contributed by atoms with E-state index in [-0.39, 0.29) is 33.9 Å². The molecule has 7 nitrogen and oxygen atoms in total. The number of hydrogen-bond acceptors (Lipinski definition) is 8. The van der Waals surface area contributed by atoms with E-state index in [2.05, 4.69) is 0 Å². The van der Waals surface area contributed by atoms with Crippen LogP contribution in [0.15, 0.2) is 35.2 Å². The molecule has 1 atom stereocenters. The van der Waals surface area contributed by atoms with Crippen LogP contribution in [0.4, 0.5) is 13.2 Å². The number of benzene rings is 2. The van der Waals surface area contributed by atoms with Crippen molar-refractivity contribution in [2.75, 3.05) is 19.5 Å². The first-order chi connectivity index (χ1) is 14.3. The summed E-state index contributed by atoms with van der Waals surface area (Å²) in [5.41, 5.74) is -4.51. The fourth-order valence-corrected chi connectivity index (χ4v) is 3.51. The van der Waals surface area contributed by atoms with Crippen LogP contribution < -0.4 is 4.74 Å². The average molecular weight is 481 g/mol. The molecule has 0 aliphatic heterocycles. The summed E-state index contributed by atoms with van der Waals surface area (Å²) in [6, 6.07) is 6.77. The van der Waals surface area contributed by atoms with Crippen molar-refractivity contribution >= 4 is 38.6 Å². The minimum Gasteiger partial charge on any atom is -0.748 e. The van der Waals surface area contributed by atoms with Gasteiger partial charge in [0.1, 0.15) is 12.4 Å². The molecule has 2 aromatic carbocycles. The van der Waals surface area contributed by atoms with Crippen LogP contribution in [0.2, 0.25) is 0 Å². The molecule has 31 heavy (non-hydrogen) atoms. The van der Waals surface area contributed by atoms with Gasteiger partial charge in [0.2, 0.25) is 6.29 Å². The summed E-state index contributed by atoms with van der Waals surface area (Å²) in [5.74, 6) is -1.96. The summed E-state index contributed by atoms with van der Waals surface area (Å²) in [7, 11) is -3.16. The highest BCUT2D eigenvalue weighted by Crippen LogP contribution is 2.43. The predicted octanol–water partition coefficient (Wildman–Crippen LogP) is 4.16. The van der Waals surface area contributed by atoms with Gasteiger partial charge in [0.25, 0.3) is 0 Å². The van der Waals surface area contributed by atoms with Gasteiger partial charge in [-0.3, -0.25) is 0 Å². The Morgan fingerprint density at radius 1 is 1.16 bits per heavy atom. The monoisotopic (exact) mass is 481 g/mol. The standard InChI is InChI=1S/C19H21F3O7S2/c1-11(2)18(27-3)29-15-9-14-8-13(17(23)28-6-7-31(24,25)26)5-4-12(14)10-16(15)30-19(20,21)22/h4-5,8-11,18H,6-7H2,1-3H3,(H,24,25,26)/p-1. The summed E-state index contributed by atoms with van der Waals surface area (Å²) in [5, 5.41) is 0.808. The van der Waals surface area contributed by atoms with E-state index in [0.717, 1.165) is 0 Å². The highest BCUT2D eigenvalue weighted by Gasteiger charge is 2.32. The van der Waals surface area contributed by atoms with Crippen molar-refractivity contribution in [3.8, 4) is 5.75 Å². The maximum atomic E-state index is 13.0. The van der Waals surface area contributed by atoms with Crippen molar-refractivity contribution in [2.45, 2.75) is 30.5 Å². The Morgan fingerprint density at radius 3 is 2.39 bits per heavy atom. The van der Waals surface area contributed by atoms with Crippen LogP contribution in [-0.4, -0.2) is 50.2 Å². The van der Waals surface area contributed by atoms with Crippen molar-refractivity contribution < 1.29 is 45.1 Å². The third-order valence-corrected chi connectivity index (χ3v) is 5.39. The molecule has 0 saturated heterocycles. The van der Waals surface area contributed by atoms with Gasteiger partial charge in [-0.2, -0.15) is 13.2 Å². The quantitative estimate of drug-likeness (QED) is 0.228. The molecule has 0 heterocycles. The van der Waals surface area contributed by atoms with E-state index in [9.17, 15) is 30.9 Å². The molecular formula is C19H20F3O7S2-. The van der Waals surface area contributed by atoms with Gasteiger partial charge in [0, 0.05) is 13.0 Å². The molecule has 0 aromatic heterocycles. The lowest BCUT2D eigenvalue weighted by molar-refractivity contribution is -0.0849. The lowest BCUT2D eigenvalue weighted by Crippen LogP contribution is -2.25. The molecule has 172 valence electrons.